The number of hydrogen-bond donors (Lipinski definition) is 1. The Labute approximate surface area is 157 Å². The number of nitrogens with zero attached hydrogens (tertiary/aromatic N) is 5. The van der Waals surface area contributed by atoms with Crippen molar-refractivity contribution in [1.29, 1.82) is 0 Å². The topological polar surface area (TPSA) is 89.9 Å². The minimum atomic E-state index is -0.0489. The van der Waals surface area contributed by atoms with Gasteiger partial charge in [0.1, 0.15) is 5.82 Å². The second-order valence-electron chi connectivity index (χ2n) is 6.82. The third-order valence-corrected chi connectivity index (χ3v) is 5.09. The van der Waals surface area contributed by atoms with Gasteiger partial charge in [-0.2, -0.15) is 0 Å². The predicted molar refractivity (Wildman–Crippen MR) is 103 cm³/mol. The number of carbonyl (C=O) groups excluding carboxylic acids is 1. The first-order chi connectivity index (χ1) is 13.1. The molecule has 0 atom stereocenters. The van der Waals surface area contributed by atoms with Gasteiger partial charge < -0.3 is 15.2 Å². The van der Waals surface area contributed by atoms with E-state index in [-0.39, 0.29) is 11.9 Å². The fraction of sp³-hybridized carbons (Fsp3) is 0.300. The maximum Gasteiger partial charge on any atom is 0.257 e. The van der Waals surface area contributed by atoms with Crippen molar-refractivity contribution < 1.29 is 4.79 Å². The van der Waals surface area contributed by atoms with E-state index < -0.39 is 0 Å². The van der Waals surface area contributed by atoms with E-state index in [0.717, 1.165) is 24.2 Å². The zero-order chi connectivity index (χ0) is 18.8. The van der Waals surface area contributed by atoms with Crippen LogP contribution in [-0.4, -0.2) is 43.4 Å². The average molecular weight is 362 g/mol. The molecule has 7 nitrogen and oxygen atoms in total. The molecule has 1 aliphatic rings. The second-order valence-corrected chi connectivity index (χ2v) is 6.82. The summed E-state index contributed by atoms with van der Waals surface area (Å²) in [6.07, 6.45) is 7.12. The molecule has 1 aliphatic heterocycles. The molecule has 2 N–H and O–H groups in total. The normalized spacial score (nSPS) is 15.1. The van der Waals surface area contributed by atoms with Crippen LogP contribution in [0.4, 0.5) is 5.95 Å². The summed E-state index contributed by atoms with van der Waals surface area (Å²) in [5.41, 5.74) is 7.71. The van der Waals surface area contributed by atoms with Gasteiger partial charge in [-0.3, -0.25) is 4.79 Å². The van der Waals surface area contributed by atoms with Crippen molar-refractivity contribution in [3.8, 4) is 11.3 Å². The highest BCUT2D eigenvalue weighted by molar-refractivity contribution is 5.99. The number of carbonyl (C=O) groups is 1. The maximum absolute atomic E-state index is 13.1. The van der Waals surface area contributed by atoms with Crippen molar-refractivity contribution in [3.05, 3.63) is 60.3 Å². The molecule has 7 heteroatoms. The highest BCUT2D eigenvalue weighted by Gasteiger charge is 2.28. The molecule has 1 fully saturated rings. The molecule has 1 aromatic carbocycles. The lowest BCUT2D eigenvalue weighted by atomic mass is 9.95. The average Bonchev–Trinajstić information content (AvgIpc) is 3.14. The van der Waals surface area contributed by atoms with Crippen LogP contribution in [0.15, 0.2) is 48.9 Å². The standard InChI is InChI=1S/C20H22N6O/c1-25-12-9-22-18(25)15-7-10-26(11-8-15)19(27)16-13-23-20(21)24-17(16)14-5-3-2-4-6-14/h2-6,9,12-13,15H,7-8,10-11H2,1H3,(H2,21,23,24). The molecule has 138 valence electrons. The summed E-state index contributed by atoms with van der Waals surface area (Å²) < 4.78 is 2.06. The summed E-state index contributed by atoms with van der Waals surface area (Å²) in [7, 11) is 2.01. The first-order valence-electron chi connectivity index (χ1n) is 9.08. The van der Waals surface area contributed by atoms with Crippen molar-refractivity contribution >= 4 is 11.9 Å². The second kappa shape index (κ2) is 7.19. The molecule has 0 saturated carbocycles. The first kappa shape index (κ1) is 17.2. The lowest BCUT2D eigenvalue weighted by Crippen LogP contribution is -2.38. The molecule has 1 amide bonds. The summed E-state index contributed by atoms with van der Waals surface area (Å²) in [6, 6.07) is 9.61. The van der Waals surface area contributed by atoms with E-state index in [1.165, 1.54) is 6.20 Å². The number of imidazole rings is 1. The van der Waals surface area contributed by atoms with E-state index in [1.807, 2.05) is 54.7 Å². The third kappa shape index (κ3) is 3.40. The molecular weight excluding hydrogens is 340 g/mol. The molecular formula is C20H22N6O. The number of rotatable bonds is 3. The fourth-order valence-electron chi connectivity index (χ4n) is 3.65. The molecule has 0 bridgehead atoms. The third-order valence-electron chi connectivity index (χ3n) is 5.09. The van der Waals surface area contributed by atoms with Gasteiger partial charge in [0, 0.05) is 50.2 Å². The van der Waals surface area contributed by atoms with Crippen molar-refractivity contribution in [3.63, 3.8) is 0 Å². The SMILES string of the molecule is Cn1ccnc1C1CCN(C(=O)c2cnc(N)nc2-c2ccccc2)CC1. The Morgan fingerprint density at radius 2 is 1.89 bits per heavy atom. The van der Waals surface area contributed by atoms with Crippen LogP contribution in [-0.2, 0) is 7.05 Å². The number of benzene rings is 1. The van der Waals surface area contributed by atoms with Gasteiger partial charge in [-0.05, 0) is 12.8 Å². The van der Waals surface area contributed by atoms with Crippen LogP contribution >= 0.6 is 0 Å². The van der Waals surface area contributed by atoms with Crippen LogP contribution in [0.3, 0.4) is 0 Å². The highest BCUT2D eigenvalue weighted by Crippen LogP contribution is 2.29. The van der Waals surface area contributed by atoms with Gasteiger partial charge in [0.05, 0.1) is 11.3 Å². The van der Waals surface area contributed by atoms with Crippen LogP contribution < -0.4 is 5.73 Å². The maximum atomic E-state index is 13.1. The number of aryl methyl sites for hydroxylation is 1. The lowest BCUT2D eigenvalue weighted by Gasteiger charge is -2.32. The summed E-state index contributed by atoms with van der Waals surface area (Å²) in [6.45, 7) is 1.38. The lowest BCUT2D eigenvalue weighted by molar-refractivity contribution is 0.0710. The van der Waals surface area contributed by atoms with Crippen molar-refractivity contribution in [2.24, 2.45) is 7.05 Å². The Bertz CT molecular complexity index is 944. The van der Waals surface area contributed by atoms with Gasteiger partial charge in [0.2, 0.25) is 5.95 Å². The van der Waals surface area contributed by atoms with Gasteiger partial charge >= 0.3 is 0 Å². The molecule has 27 heavy (non-hydrogen) atoms. The minimum Gasteiger partial charge on any atom is -0.368 e. The van der Waals surface area contributed by atoms with Crippen LogP contribution in [0.2, 0.25) is 0 Å². The number of amides is 1. The molecule has 4 rings (SSSR count). The largest absolute Gasteiger partial charge is 0.368 e. The number of nitrogens with two attached hydrogens (primary N) is 1. The predicted octanol–water partition coefficient (Wildman–Crippen LogP) is 2.48. The van der Waals surface area contributed by atoms with Gasteiger partial charge in [-0.25, -0.2) is 15.0 Å². The van der Waals surface area contributed by atoms with E-state index in [9.17, 15) is 4.79 Å². The smallest absolute Gasteiger partial charge is 0.257 e. The summed E-state index contributed by atoms with van der Waals surface area (Å²) in [5, 5.41) is 0. The zero-order valence-electron chi connectivity index (χ0n) is 15.2. The van der Waals surface area contributed by atoms with E-state index in [2.05, 4.69) is 19.5 Å². The zero-order valence-corrected chi connectivity index (χ0v) is 15.2. The molecule has 0 radical (unpaired) electrons. The summed E-state index contributed by atoms with van der Waals surface area (Å²) >= 11 is 0. The van der Waals surface area contributed by atoms with Gasteiger partial charge in [-0.15, -0.1) is 0 Å². The van der Waals surface area contributed by atoms with E-state index >= 15 is 0 Å². The van der Waals surface area contributed by atoms with Crippen LogP contribution in [0.5, 0.6) is 0 Å². The van der Waals surface area contributed by atoms with Crippen LogP contribution in [0.25, 0.3) is 11.3 Å². The van der Waals surface area contributed by atoms with Gasteiger partial charge in [0.15, 0.2) is 0 Å². The Morgan fingerprint density at radius 1 is 1.15 bits per heavy atom. The van der Waals surface area contributed by atoms with Gasteiger partial charge in [-0.1, -0.05) is 30.3 Å². The number of anilines is 1. The molecule has 0 spiro atoms. The highest BCUT2D eigenvalue weighted by atomic mass is 16.2. The number of nitrogen functional groups attached to an aromatic ring is 1. The van der Waals surface area contributed by atoms with Gasteiger partial charge in [0.25, 0.3) is 5.91 Å². The minimum absolute atomic E-state index is 0.0489. The van der Waals surface area contributed by atoms with Crippen LogP contribution in [0.1, 0.15) is 34.9 Å². The molecule has 0 unspecified atom stereocenters. The van der Waals surface area contributed by atoms with E-state index in [4.69, 9.17) is 5.73 Å². The van der Waals surface area contributed by atoms with Crippen molar-refractivity contribution in [1.82, 2.24) is 24.4 Å². The fourth-order valence-corrected chi connectivity index (χ4v) is 3.65. The summed E-state index contributed by atoms with van der Waals surface area (Å²) in [4.78, 5) is 27.9. The Hall–Kier alpha value is -3.22. The van der Waals surface area contributed by atoms with E-state index in [0.29, 0.717) is 30.3 Å². The number of hydrogen-bond acceptors (Lipinski definition) is 5. The van der Waals surface area contributed by atoms with Crippen molar-refractivity contribution in [2.45, 2.75) is 18.8 Å². The molecule has 3 aromatic rings. The summed E-state index contributed by atoms with van der Waals surface area (Å²) in [5.74, 6) is 1.58. The van der Waals surface area contributed by atoms with E-state index in [1.54, 1.807) is 0 Å². The Morgan fingerprint density at radius 3 is 2.56 bits per heavy atom. The van der Waals surface area contributed by atoms with Crippen molar-refractivity contribution in [2.75, 3.05) is 18.8 Å². The number of aromatic nitrogens is 4. The number of piperidine rings is 1. The monoisotopic (exact) mass is 362 g/mol. The molecule has 2 aromatic heterocycles. The first-order valence-corrected chi connectivity index (χ1v) is 9.08. The quantitative estimate of drug-likeness (QED) is 0.773. The Balaban J connectivity index is 1.55. The number of likely N-dealkylation sites (tertiary alicyclic amines) is 1. The Kier molecular flexibility index (Phi) is 4.58. The molecule has 3 heterocycles. The van der Waals surface area contributed by atoms with Crippen LogP contribution in [0, 0.1) is 0 Å². The molecule has 0 aliphatic carbocycles. The molecule has 1 saturated heterocycles.